The molecule has 0 aliphatic heterocycles. The summed E-state index contributed by atoms with van der Waals surface area (Å²) in [6.45, 7) is 1.91. The Balaban J connectivity index is 2.59. The van der Waals surface area contributed by atoms with E-state index >= 15 is 0 Å². The molecule has 19 heavy (non-hydrogen) atoms. The first-order valence-electron chi connectivity index (χ1n) is 5.70. The molecular formula is C14H12O5. The number of carboxylic acid groups (broad SMARTS) is 1. The fourth-order valence-corrected chi connectivity index (χ4v) is 1.81. The highest BCUT2D eigenvalue weighted by Crippen LogP contribution is 2.27. The quantitative estimate of drug-likeness (QED) is 0.828. The fourth-order valence-electron chi connectivity index (χ4n) is 1.81. The molecule has 2 rings (SSSR count). The summed E-state index contributed by atoms with van der Waals surface area (Å²) in [7, 11) is 0. The second-order valence-electron chi connectivity index (χ2n) is 3.96. The zero-order chi connectivity index (χ0) is 14.0. The van der Waals surface area contributed by atoms with E-state index < -0.39 is 11.9 Å². The normalized spacial score (nSPS) is 10.4. The Morgan fingerprint density at radius 1 is 1.16 bits per heavy atom. The van der Waals surface area contributed by atoms with Gasteiger partial charge in [-0.1, -0.05) is 0 Å². The smallest absolute Gasteiger partial charge is 0.338 e. The predicted octanol–water partition coefficient (Wildman–Crippen LogP) is 2.42. The maximum atomic E-state index is 11.6. The molecule has 0 aromatic heterocycles. The first-order chi connectivity index (χ1) is 9.02. The van der Waals surface area contributed by atoms with Crippen molar-refractivity contribution in [3.8, 4) is 5.75 Å². The monoisotopic (exact) mass is 260 g/mol. The summed E-state index contributed by atoms with van der Waals surface area (Å²) >= 11 is 0. The van der Waals surface area contributed by atoms with E-state index in [-0.39, 0.29) is 23.5 Å². The molecule has 2 aromatic rings. The van der Waals surface area contributed by atoms with E-state index in [2.05, 4.69) is 0 Å². The third-order valence-corrected chi connectivity index (χ3v) is 2.69. The van der Waals surface area contributed by atoms with Crippen LogP contribution in [0.25, 0.3) is 10.8 Å². The van der Waals surface area contributed by atoms with Crippen molar-refractivity contribution in [1.82, 2.24) is 0 Å². The highest BCUT2D eigenvalue weighted by atomic mass is 16.5. The zero-order valence-electron chi connectivity index (χ0n) is 10.2. The number of carbonyl (C=O) groups is 2. The number of esters is 1. The number of phenolic OH excluding ortho intramolecular Hbond substituents is 1. The van der Waals surface area contributed by atoms with Crippen molar-refractivity contribution in [3.05, 3.63) is 41.5 Å². The van der Waals surface area contributed by atoms with E-state index in [1.807, 2.05) is 0 Å². The van der Waals surface area contributed by atoms with Gasteiger partial charge in [-0.15, -0.1) is 0 Å². The van der Waals surface area contributed by atoms with Crippen LogP contribution in [0.3, 0.4) is 0 Å². The molecule has 2 aromatic carbocycles. The molecular weight excluding hydrogens is 248 g/mol. The van der Waals surface area contributed by atoms with Gasteiger partial charge in [0.2, 0.25) is 0 Å². The number of carbonyl (C=O) groups excluding carboxylic acids is 1. The summed E-state index contributed by atoms with van der Waals surface area (Å²) in [4.78, 5) is 22.5. The summed E-state index contributed by atoms with van der Waals surface area (Å²) in [5.74, 6) is -1.71. The fraction of sp³-hybridized carbons (Fsp3) is 0.143. The number of benzene rings is 2. The summed E-state index contributed by atoms with van der Waals surface area (Å²) in [5, 5.41) is 19.7. The van der Waals surface area contributed by atoms with Crippen LogP contribution >= 0.6 is 0 Å². The van der Waals surface area contributed by atoms with Crippen LogP contribution in [0, 0.1) is 0 Å². The number of hydrogen-bond donors (Lipinski definition) is 2. The maximum Gasteiger partial charge on any atom is 0.338 e. The third-order valence-electron chi connectivity index (χ3n) is 2.69. The van der Waals surface area contributed by atoms with Crippen molar-refractivity contribution in [1.29, 1.82) is 0 Å². The summed E-state index contributed by atoms with van der Waals surface area (Å²) < 4.78 is 4.84. The number of fused-ring (bicyclic) bond motifs is 1. The zero-order valence-corrected chi connectivity index (χ0v) is 10.2. The van der Waals surface area contributed by atoms with Gasteiger partial charge in [0.05, 0.1) is 17.7 Å². The van der Waals surface area contributed by atoms with Crippen LogP contribution in [0.1, 0.15) is 27.6 Å². The van der Waals surface area contributed by atoms with Gasteiger partial charge in [0.15, 0.2) is 0 Å². The molecule has 0 spiro atoms. The minimum Gasteiger partial charge on any atom is -0.507 e. The average Bonchev–Trinajstić information content (AvgIpc) is 2.38. The summed E-state index contributed by atoms with van der Waals surface area (Å²) in [5.41, 5.74) is 0.280. The molecule has 98 valence electrons. The van der Waals surface area contributed by atoms with Crippen LogP contribution in [-0.2, 0) is 4.74 Å². The largest absolute Gasteiger partial charge is 0.507 e. The first kappa shape index (κ1) is 12.9. The molecule has 0 amide bonds. The third kappa shape index (κ3) is 2.49. The lowest BCUT2D eigenvalue weighted by Crippen LogP contribution is -2.04. The van der Waals surface area contributed by atoms with Crippen LogP contribution in [0.2, 0.25) is 0 Å². The second kappa shape index (κ2) is 4.97. The Morgan fingerprint density at radius 3 is 2.47 bits per heavy atom. The maximum absolute atomic E-state index is 11.6. The van der Waals surface area contributed by atoms with Crippen molar-refractivity contribution in [2.45, 2.75) is 6.92 Å². The molecule has 0 unspecified atom stereocenters. The van der Waals surface area contributed by atoms with E-state index in [0.29, 0.717) is 10.8 Å². The van der Waals surface area contributed by atoms with Gasteiger partial charge >= 0.3 is 11.9 Å². The van der Waals surface area contributed by atoms with Crippen LogP contribution < -0.4 is 0 Å². The van der Waals surface area contributed by atoms with E-state index in [4.69, 9.17) is 9.84 Å². The summed E-state index contributed by atoms with van der Waals surface area (Å²) in [6, 6.07) is 7.11. The van der Waals surface area contributed by atoms with E-state index in [0.717, 1.165) is 0 Å². The first-order valence-corrected chi connectivity index (χ1v) is 5.70. The molecule has 0 saturated carbocycles. The Morgan fingerprint density at radius 2 is 1.84 bits per heavy atom. The van der Waals surface area contributed by atoms with Gasteiger partial charge in [-0.2, -0.15) is 0 Å². The molecule has 5 nitrogen and oxygen atoms in total. The number of phenols is 1. The molecule has 0 aliphatic carbocycles. The molecule has 2 N–H and O–H groups in total. The second-order valence-corrected chi connectivity index (χ2v) is 3.96. The number of aromatic hydroxyl groups is 1. The Bertz CT molecular complexity index is 660. The van der Waals surface area contributed by atoms with Gasteiger partial charge in [-0.3, -0.25) is 0 Å². The molecule has 0 bridgehead atoms. The lowest BCUT2D eigenvalue weighted by Gasteiger charge is -2.06. The number of ether oxygens (including phenoxy) is 1. The number of carboxylic acids is 1. The molecule has 5 heteroatoms. The number of rotatable bonds is 3. The van der Waals surface area contributed by atoms with Gasteiger partial charge in [-0.05, 0) is 42.6 Å². The van der Waals surface area contributed by atoms with Gasteiger partial charge in [-0.25, -0.2) is 9.59 Å². The minimum atomic E-state index is -1.07. The van der Waals surface area contributed by atoms with Crippen molar-refractivity contribution in [3.63, 3.8) is 0 Å². The van der Waals surface area contributed by atoms with Crippen molar-refractivity contribution in [2.75, 3.05) is 6.61 Å². The van der Waals surface area contributed by atoms with Crippen LogP contribution in [-0.4, -0.2) is 28.8 Å². The van der Waals surface area contributed by atoms with Crippen molar-refractivity contribution >= 4 is 22.7 Å². The summed E-state index contributed by atoms with van der Waals surface area (Å²) in [6.07, 6.45) is 0. The van der Waals surface area contributed by atoms with Gasteiger partial charge in [0.25, 0.3) is 0 Å². The molecule has 0 radical (unpaired) electrons. The van der Waals surface area contributed by atoms with Gasteiger partial charge in [0.1, 0.15) is 5.75 Å². The average molecular weight is 260 g/mol. The lowest BCUT2D eigenvalue weighted by atomic mass is 10.0. The topological polar surface area (TPSA) is 83.8 Å². The Labute approximate surface area is 109 Å². The van der Waals surface area contributed by atoms with E-state index in [1.54, 1.807) is 6.92 Å². The van der Waals surface area contributed by atoms with E-state index in [9.17, 15) is 14.7 Å². The van der Waals surface area contributed by atoms with Crippen molar-refractivity contribution < 1.29 is 24.5 Å². The lowest BCUT2D eigenvalue weighted by molar-refractivity contribution is 0.0525. The molecule has 0 heterocycles. The SMILES string of the molecule is CCOC(=O)c1cc(O)c2ccc(C(=O)O)cc2c1. The van der Waals surface area contributed by atoms with Crippen LogP contribution in [0.15, 0.2) is 30.3 Å². The number of hydrogen-bond acceptors (Lipinski definition) is 4. The van der Waals surface area contributed by atoms with Gasteiger partial charge in [0, 0.05) is 5.39 Å². The molecule has 0 fully saturated rings. The minimum absolute atomic E-state index is 0.0857. The van der Waals surface area contributed by atoms with E-state index in [1.165, 1.54) is 30.3 Å². The molecule has 0 aliphatic rings. The van der Waals surface area contributed by atoms with Crippen LogP contribution in [0.5, 0.6) is 5.75 Å². The predicted molar refractivity (Wildman–Crippen MR) is 68.5 cm³/mol. The molecule has 0 atom stereocenters. The van der Waals surface area contributed by atoms with Crippen molar-refractivity contribution in [2.24, 2.45) is 0 Å². The molecule has 0 saturated heterocycles. The highest BCUT2D eigenvalue weighted by Gasteiger charge is 2.12. The van der Waals surface area contributed by atoms with Crippen LogP contribution in [0.4, 0.5) is 0 Å². The standard InChI is InChI=1S/C14H12O5/c1-2-19-14(18)10-6-9-5-8(13(16)17)3-4-11(9)12(15)7-10/h3-7,15H,2H2,1H3,(H,16,17). The highest BCUT2D eigenvalue weighted by molar-refractivity contribution is 6.01. The van der Waals surface area contributed by atoms with Gasteiger partial charge < -0.3 is 14.9 Å². The Kier molecular flexibility index (Phi) is 3.37. The Hall–Kier alpha value is -2.56. The number of aromatic carboxylic acids is 1.